The Kier molecular flexibility index (Phi) is 7.07. The molecule has 96 valence electrons. The van der Waals surface area contributed by atoms with Crippen molar-refractivity contribution < 1.29 is 4.74 Å². The van der Waals surface area contributed by atoms with Gasteiger partial charge >= 0.3 is 0 Å². The Bertz CT molecular complexity index is 317. The van der Waals surface area contributed by atoms with E-state index < -0.39 is 0 Å². The van der Waals surface area contributed by atoms with Crippen molar-refractivity contribution in [2.24, 2.45) is 0 Å². The van der Waals surface area contributed by atoms with Crippen LogP contribution in [-0.2, 0) is 11.3 Å². The average Bonchev–Trinajstić information content (AvgIpc) is 2.81. The highest BCUT2D eigenvalue weighted by atomic mass is 32.1. The van der Waals surface area contributed by atoms with Crippen LogP contribution in [0, 0.1) is 0 Å². The van der Waals surface area contributed by atoms with Crippen LogP contribution in [0.5, 0.6) is 0 Å². The van der Waals surface area contributed by atoms with Crippen molar-refractivity contribution in [3.05, 3.63) is 16.6 Å². The monoisotopic (exact) mass is 273 g/mol. The molecule has 0 radical (unpaired) electrons. The molecule has 0 saturated heterocycles. The normalized spacial score (nSPS) is 10.2. The van der Waals surface area contributed by atoms with Crippen LogP contribution >= 0.6 is 23.6 Å². The molecule has 0 aromatic carbocycles. The molecular formula is C11H19N3OS2. The number of hydrogen-bond donors (Lipinski definition) is 1. The third-order valence-electron chi connectivity index (χ3n) is 2.18. The lowest BCUT2D eigenvalue weighted by Crippen LogP contribution is -2.37. The van der Waals surface area contributed by atoms with E-state index in [9.17, 15) is 0 Å². The summed E-state index contributed by atoms with van der Waals surface area (Å²) in [5, 5.41) is 6.00. The van der Waals surface area contributed by atoms with Crippen LogP contribution in [0.4, 0.5) is 0 Å². The largest absolute Gasteiger partial charge is 0.382 e. The fourth-order valence-corrected chi connectivity index (χ4v) is 2.00. The third kappa shape index (κ3) is 5.95. The molecule has 0 aliphatic heterocycles. The van der Waals surface area contributed by atoms with Crippen LogP contribution < -0.4 is 5.32 Å². The van der Waals surface area contributed by atoms with Crippen molar-refractivity contribution in [1.82, 2.24) is 15.2 Å². The van der Waals surface area contributed by atoms with Gasteiger partial charge in [0.25, 0.3) is 0 Å². The number of nitrogens with one attached hydrogen (secondary N) is 1. The summed E-state index contributed by atoms with van der Waals surface area (Å²) in [7, 11) is 1.97. The van der Waals surface area contributed by atoms with Crippen LogP contribution in [0.2, 0.25) is 0 Å². The molecule has 0 spiro atoms. The number of ether oxygens (including phenoxy) is 1. The van der Waals surface area contributed by atoms with Gasteiger partial charge in [-0.1, -0.05) is 0 Å². The Morgan fingerprint density at radius 2 is 2.47 bits per heavy atom. The maximum absolute atomic E-state index is 5.28. The number of rotatable bonds is 7. The summed E-state index contributed by atoms with van der Waals surface area (Å²) in [4.78, 5) is 6.22. The number of thiazole rings is 1. The SMILES string of the molecule is CCOCCCNC(=S)N(C)Cc1cscn1. The van der Waals surface area contributed by atoms with E-state index in [1.165, 1.54) is 0 Å². The zero-order valence-electron chi connectivity index (χ0n) is 10.3. The van der Waals surface area contributed by atoms with Gasteiger partial charge in [-0.25, -0.2) is 4.98 Å². The van der Waals surface area contributed by atoms with Crippen LogP contribution in [-0.4, -0.2) is 41.8 Å². The second-order valence-corrected chi connectivity index (χ2v) is 4.72. The van der Waals surface area contributed by atoms with Gasteiger partial charge in [-0.2, -0.15) is 0 Å². The predicted octanol–water partition coefficient (Wildman–Crippen LogP) is 1.88. The molecule has 1 N–H and O–H groups in total. The summed E-state index contributed by atoms with van der Waals surface area (Å²) in [6.07, 6.45) is 0.971. The Balaban J connectivity index is 2.14. The summed E-state index contributed by atoms with van der Waals surface area (Å²) in [6.45, 7) is 5.15. The highest BCUT2D eigenvalue weighted by Gasteiger charge is 2.05. The molecule has 17 heavy (non-hydrogen) atoms. The molecule has 1 aromatic rings. The topological polar surface area (TPSA) is 37.4 Å². The summed E-state index contributed by atoms with van der Waals surface area (Å²) in [5.74, 6) is 0. The van der Waals surface area contributed by atoms with Gasteiger partial charge in [0.05, 0.1) is 17.7 Å². The lowest BCUT2D eigenvalue weighted by Gasteiger charge is -2.19. The molecule has 0 aliphatic rings. The van der Waals surface area contributed by atoms with E-state index >= 15 is 0 Å². The quantitative estimate of drug-likeness (QED) is 0.606. The van der Waals surface area contributed by atoms with Crippen molar-refractivity contribution >= 4 is 28.7 Å². The van der Waals surface area contributed by atoms with Crippen molar-refractivity contribution in [1.29, 1.82) is 0 Å². The second kappa shape index (κ2) is 8.38. The van der Waals surface area contributed by atoms with Gasteiger partial charge in [-0.05, 0) is 25.6 Å². The van der Waals surface area contributed by atoms with Crippen molar-refractivity contribution in [2.75, 3.05) is 26.8 Å². The van der Waals surface area contributed by atoms with E-state index in [2.05, 4.69) is 10.3 Å². The standard InChI is InChI=1S/C11H19N3OS2/c1-3-15-6-4-5-12-11(16)14(2)7-10-8-17-9-13-10/h8-9H,3-7H2,1-2H3,(H,12,16). The lowest BCUT2D eigenvalue weighted by molar-refractivity contribution is 0.145. The van der Waals surface area contributed by atoms with Crippen LogP contribution in [0.1, 0.15) is 19.0 Å². The lowest BCUT2D eigenvalue weighted by atomic mass is 10.4. The van der Waals surface area contributed by atoms with Crippen LogP contribution in [0.25, 0.3) is 0 Å². The minimum atomic E-state index is 0.751. The molecule has 0 amide bonds. The first kappa shape index (κ1) is 14.3. The smallest absolute Gasteiger partial charge is 0.169 e. The molecular weight excluding hydrogens is 254 g/mol. The molecule has 0 saturated carbocycles. The van der Waals surface area contributed by atoms with E-state index in [4.69, 9.17) is 17.0 Å². The van der Waals surface area contributed by atoms with Crippen LogP contribution in [0.3, 0.4) is 0 Å². The molecule has 1 heterocycles. The molecule has 0 unspecified atom stereocenters. The number of aromatic nitrogens is 1. The Hall–Kier alpha value is -0.720. The maximum atomic E-state index is 5.28. The summed E-state index contributed by atoms with van der Waals surface area (Å²) in [6, 6.07) is 0. The molecule has 1 aromatic heterocycles. The average molecular weight is 273 g/mol. The molecule has 0 aliphatic carbocycles. The summed E-state index contributed by atoms with van der Waals surface area (Å²) in [5.41, 5.74) is 2.89. The van der Waals surface area contributed by atoms with Crippen molar-refractivity contribution in [3.63, 3.8) is 0 Å². The van der Waals surface area contributed by atoms with Gasteiger partial charge < -0.3 is 15.0 Å². The number of hydrogen-bond acceptors (Lipinski definition) is 4. The first-order chi connectivity index (χ1) is 8.24. The Morgan fingerprint density at radius 1 is 1.65 bits per heavy atom. The molecule has 1 rings (SSSR count). The van der Waals surface area contributed by atoms with Gasteiger partial charge in [0, 0.05) is 32.2 Å². The van der Waals surface area contributed by atoms with E-state index in [0.717, 1.165) is 43.5 Å². The van der Waals surface area contributed by atoms with Gasteiger partial charge in [0.15, 0.2) is 5.11 Å². The second-order valence-electron chi connectivity index (χ2n) is 3.62. The summed E-state index contributed by atoms with van der Waals surface area (Å²) < 4.78 is 5.26. The first-order valence-corrected chi connectivity index (χ1v) is 7.03. The number of thiocarbonyl (C=S) groups is 1. The fourth-order valence-electron chi connectivity index (χ4n) is 1.28. The molecule has 0 bridgehead atoms. The highest BCUT2D eigenvalue weighted by molar-refractivity contribution is 7.80. The minimum absolute atomic E-state index is 0.751. The van der Waals surface area contributed by atoms with Crippen molar-refractivity contribution in [3.8, 4) is 0 Å². The first-order valence-electron chi connectivity index (χ1n) is 5.67. The van der Waals surface area contributed by atoms with Crippen LogP contribution in [0.15, 0.2) is 10.9 Å². The maximum Gasteiger partial charge on any atom is 0.169 e. The van der Waals surface area contributed by atoms with E-state index in [1.807, 2.05) is 29.8 Å². The molecule has 0 fully saturated rings. The fraction of sp³-hybridized carbons (Fsp3) is 0.636. The summed E-state index contributed by atoms with van der Waals surface area (Å²) >= 11 is 6.88. The van der Waals surface area contributed by atoms with Crippen molar-refractivity contribution in [2.45, 2.75) is 19.9 Å². The van der Waals surface area contributed by atoms with E-state index in [0.29, 0.717) is 0 Å². The number of nitrogens with zero attached hydrogens (tertiary/aromatic N) is 2. The highest BCUT2D eigenvalue weighted by Crippen LogP contribution is 2.04. The van der Waals surface area contributed by atoms with Gasteiger partial charge in [0.2, 0.25) is 0 Å². The molecule has 4 nitrogen and oxygen atoms in total. The van der Waals surface area contributed by atoms with E-state index in [-0.39, 0.29) is 0 Å². The third-order valence-corrected chi connectivity index (χ3v) is 3.27. The molecule has 6 heteroatoms. The molecule has 0 atom stereocenters. The van der Waals surface area contributed by atoms with Gasteiger partial charge in [-0.3, -0.25) is 0 Å². The Labute approximate surface area is 112 Å². The minimum Gasteiger partial charge on any atom is -0.382 e. The predicted molar refractivity (Wildman–Crippen MR) is 75.3 cm³/mol. The Morgan fingerprint density at radius 3 is 3.12 bits per heavy atom. The zero-order valence-corrected chi connectivity index (χ0v) is 11.9. The zero-order chi connectivity index (χ0) is 12.5. The van der Waals surface area contributed by atoms with Gasteiger partial charge in [-0.15, -0.1) is 11.3 Å². The van der Waals surface area contributed by atoms with E-state index in [1.54, 1.807) is 11.3 Å². The van der Waals surface area contributed by atoms with Gasteiger partial charge in [0.1, 0.15) is 0 Å².